The molecule has 1 aromatic rings. The molecular formula is C16H25NO. The second-order valence-corrected chi connectivity index (χ2v) is 5.57. The zero-order chi connectivity index (χ0) is 13.1. The molecule has 1 atom stereocenters. The lowest BCUT2D eigenvalue weighted by Gasteiger charge is -2.31. The summed E-state index contributed by atoms with van der Waals surface area (Å²) >= 11 is 0. The molecular weight excluding hydrogens is 222 g/mol. The maximum absolute atomic E-state index is 5.58. The van der Waals surface area contributed by atoms with Gasteiger partial charge in [-0.25, -0.2) is 0 Å². The SMILES string of the molecule is CNC(CC1CCC1)c1c(C)cc(C)cc1OC. The molecule has 1 aromatic carbocycles. The molecule has 1 fully saturated rings. The van der Waals surface area contributed by atoms with E-state index in [-0.39, 0.29) is 0 Å². The maximum Gasteiger partial charge on any atom is 0.124 e. The highest BCUT2D eigenvalue weighted by Crippen LogP contribution is 2.38. The third-order valence-electron chi connectivity index (χ3n) is 4.20. The Balaban J connectivity index is 2.27. The molecule has 0 aliphatic heterocycles. The van der Waals surface area contributed by atoms with Gasteiger partial charge in [-0.1, -0.05) is 25.3 Å². The topological polar surface area (TPSA) is 21.3 Å². The molecule has 0 spiro atoms. The maximum atomic E-state index is 5.58. The molecule has 0 heterocycles. The van der Waals surface area contributed by atoms with Gasteiger partial charge in [0, 0.05) is 11.6 Å². The van der Waals surface area contributed by atoms with Crippen LogP contribution in [0.3, 0.4) is 0 Å². The summed E-state index contributed by atoms with van der Waals surface area (Å²) in [6, 6.07) is 4.82. The fourth-order valence-electron chi connectivity index (χ4n) is 3.00. The first-order valence-electron chi connectivity index (χ1n) is 6.98. The standard InChI is InChI=1S/C16H25NO/c1-11-8-12(2)16(15(9-11)18-4)14(17-3)10-13-6-5-7-13/h8-9,13-14,17H,5-7,10H2,1-4H3. The smallest absolute Gasteiger partial charge is 0.124 e. The molecule has 0 saturated heterocycles. The summed E-state index contributed by atoms with van der Waals surface area (Å²) in [4.78, 5) is 0. The predicted molar refractivity (Wildman–Crippen MR) is 76.2 cm³/mol. The van der Waals surface area contributed by atoms with Crippen molar-refractivity contribution < 1.29 is 4.74 Å². The molecule has 2 rings (SSSR count). The Morgan fingerprint density at radius 3 is 2.56 bits per heavy atom. The van der Waals surface area contributed by atoms with Gasteiger partial charge in [-0.05, 0) is 50.4 Å². The molecule has 1 aliphatic carbocycles. The van der Waals surface area contributed by atoms with Gasteiger partial charge in [-0.2, -0.15) is 0 Å². The van der Waals surface area contributed by atoms with Gasteiger partial charge in [0.1, 0.15) is 5.75 Å². The lowest BCUT2D eigenvalue weighted by atomic mass is 9.79. The van der Waals surface area contributed by atoms with Crippen LogP contribution in [0.15, 0.2) is 12.1 Å². The third-order valence-corrected chi connectivity index (χ3v) is 4.20. The van der Waals surface area contributed by atoms with Crippen molar-refractivity contribution >= 4 is 0 Å². The van der Waals surface area contributed by atoms with E-state index < -0.39 is 0 Å². The van der Waals surface area contributed by atoms with E-state index in [1.54, 1.807) is 7.11 Å². The van der Waals surface area contributed by atoms with E-state index in [9.17, 15) is 0 Å². The van der Waals surface area contributed by atoms with Crippen LogP contribution in [0.5, 0.6) is 5.75 Å². The van der Waals surface area contributed by atoms with Crippen LogP contribution in [-0.4, -0.2) is 14.2 Å². The van der Waals surface area contributed by atoms with Gasteiger partial charge in [0.25, 0.3) is 0 Å². The van der Waals surface area contributed by atoms with Gasteiger partial charge in [0.2, 0.25) is 0 Å². The summed E-state index contributed by atoms with van der Waals surface area (Å²) in [7, 11) is 3.83. The zero-order valence-electron chi connectivity index (χ0n) is 12.0. The molecule has 18 heavy (non-hydrogen) atoms. The van der Waals surface area contributed by atoms with Crippen LogP contribution >= 0.6 is 0 Å². The van der Waals surface area contributed by atoms with Gasteiger partial charge in [-0.3, -0.25) is 0 Å². The fraction of sp³-hybridized carbons (Fsp3) is 0.625. The van der Waals surface area contributed by atoms with Crippen molar-refractivity contribution in [2.24, 2.45) is 5.92 Å². The number of methoxy groups -OCH3 is 1. The Morgan fingerprint density at radius 2 is 2.06 bits per heavy atom. The Labute approximate surface area is 111 Å². The Morgan fingerprint density at radius 1 is 1.33 bits per heavy atom. The van der Waals surface area contributed by atoms with Crippen molar-refractivity contribution in [2.75, 3.05) is 14.2 Å². The molecule has 0 radical (unpaired) electrons. The fourth-order valence-corrected chi connectivity index (χ4v) is 3.00. The minimum atomic E-state index is 0.422. The number of ether oxygens (including phenoxy) is 1. The summed E-state index contributed by atoms with van der Waals surface area (Å²) in [5.41, 5.74) is 3.95. The first kappa shape index (κ1) is 13.4. The normalized spacial score (nSPS) is 17.3. The summed E-state index contributed by atoms with van der Waals surface area (Å²) in [5, 5.41) is 3.47. The van der Waals surface area contributed by atoms with Crippen molar-refractivity contribution in [1.29, 1.82) is 0 Å². The van der Waals surface area contributed by atoms with Crippen molar-refractivity contribution in [3.8, 4) is 5.75 Å². The quantitative estimate of drug-likeness (QED) is 0.855. The molecule has 100 valence electrons. The van der Waals surface area contributed by atoms with Crippen LogP contribution in [0, 0.1) is 19.8 Å². The van der Waals surface area contributed by atoms with E-state index in [0.717, 1.165) is 11.7 Å². The summed E-state index contributed by atoms with van der Waals surface area (Å²) < 4.78 is 5.58. The number of benzene rings is 1. The summed E-state index contributed by atoms with van der Waals surface area (Å²) in [6.07, 6.45) is 5.43. The molecule has 1 unspecified atom stereocenters. The summed E-state index contributed by atoms with van der Waals surface area (Å²) in [5.74, 6) is 1.93. The number of hydrogen-bond donors (Lipinski definition) is 1. The Bertz CT molecular complexity index is 410. The predicted octanol–water partition coefficient (Wildman–Crippen LogP) is 3.76. The van der Waals surface area contributed by atoms with Crippen LogP contribution in [-0.2, 0) is 0 Å². The first-order valence-corrected chi connectivity index (χ1v) is 6.98. The number of rotatable bonds is 5. The Hall–Kier alpha value is -1.02. The second kappa shape index (κ2) is 5.75. The molecule has 1 N–H and O–H groups in total. The number of aryl methyl sites for hydroxylation is 2. The van der Waals surface area contributed by atoms with Crippen molar-refractivity contribution in [3.05, 3.63) is 28.8 Å². The minimum Gasteiger partial charge on any atom is -0.496 e. The minimum absolute atomic E-state index is 0.422. The van der Waals surface area contributed by atoms with Crippen LogP contribution < -0.4 is 10.1 Å². The highest BCUT2D eigenvalue weighted by atomic mass is 16.5. The van der Waals surface area contributed by atoms with Gasteiger partial charge >= 0.3 is 0 Å². The van der Waals surface area contributed by atoms with E-state index in [4.69, 9.17) is 4.74 Å². The largest absolute Gasteiger partial charge is 0.496 e. The molecule has 0 bridgehead atoms. The third kappa shape index (κ3) is 2.69. The van der Waals surface area contributed by atoms with E-state index in [2.05, 4.69) is 38.3 Å². The van der Waals surface area contributed by atoms with E-state index in [0.29, 0.717) is 6.04 Å². The van der Waals surface area contributed by atoms with E-state index in [1.165, 1.54) is 42.4 Å². The molecule has 2 heteroatoms. The average Bonchev–Trinajstić information content (AvgIpc) is 2.28. The van der Waals surface area contributed by atoms with E-state index >= 15 is 0 Å². The molecule has 1 aliphatic rings. The number of nitrogens with one attached hydrogen (secondary N) is 1. The van der Waals surface area contributed by atoms with Crippen LogP contribution in [0.4, 0.5) is 0 Å². The number of hydrogen-bond acceptors (Lipinski definition) is 2. The van der Waals surface area contributed by atoms with Crippen LogP contribution in [0.1, 0.15) is 48.4 Å². The van der Waals surface area contributed by atoms with Crippen molar-refractivity contribution in [1.82, 2.24) is 5.32 Å². The highest BCUT2D eigenvalue weighted by Gasteiger charge is 2.25. The molecule has 2 nitrogen and oxygen atoms in total. The van der Waals surface area contributed by atoms with Gasteiger partial charge < -0.3 is 10.1 Å². The van der Waals surface area contributed by atoms with Crippen molar-refractivity contribution in [2.45, 2.75) is 45.6 Å². The van der Waals surface area contributed by atoms with Gasteiger partial charge in [0.15, 0.2) is 0 Å². The summed E-state index contributed by atoms with van der Waals surface area (Å²) in [6.45, 7) is 4.32. The molecule has 0 amide bonds. The average molecular weight is 247 g/mol. The first-order chi connectivity index (χ1) is 8.65. The second-order valence-electron chi connectivity index (χ2n) is 5.57. The Kier molecular flexibility index (Phi) is 4.28. The van der Waals surface area contributed by atoms with E-state index in [1.807, 2.05) is 0 Å². The highest BCUT2D eigenvalue weighted by molar-refractivity contribution is 5.45. The van der Waals surface area contributed by atoms with Crippen LogP contribution in [0.25, 0.3) is 0 Å². The lowest BCUT2D eigenvalue weighted by Crippen LogP contribution is -2.24. The van der Waals surface area contributed by atoms with Gasteiger partial charge in [0.05, 0.1) is 7.11 Å². The van der Waals surface area contributed by atoms with Gasteiger partial charge in [-0.15, -0.1) is 0 Å². The van der Waals surface area contributed by atoms with Crippen molar-refractivity contribution in [3.63, 3.8) is 0 Å². The molecule has 0 aromatic heterocycles. The zero-order valence-corrected chi connectivity index (χ0v) is 12.0. The molecule has 1 saturated carbocycles. The monoisotopic (exact) mass is 247 g/mol. The van der Waals surface area contributed by atoms with Crippen LogP contribution in [0.2, 0.25) is 0 Å². The lowest BCUT2D eigenvalue weighted by molar-refractivity contribution is 0.262.